The van der Waals surface area contributed by atoms with Crippen molar-refractivity contribution in [2.45, 2.75) is 105 Å². The predicted octanol–water partition coefficient (Wildman–Crippen LogP) is 5.27. The monoisotopic (exact) mass is 475 g/mol. The summed E-state index contributed by atoms with van der Waals surface area (Å²) in [6, 6.07) is 6.09. The summed E-state index contributed by atoms with van der Waals surface area (Å²) in [4.78, 5) is 40.9. The van der Waals surface area contributed by atoms with Crippen molar-refractivity contribution in [2.75, 3.05) is 13.1 Å². The third-order valence-electron chi connectivity index (χ3n) is 5.42. The zero-order valence-corrected chi connectivity index (χ0v) is 22.2. The molecule has 34 heavy (non-hydrogen) atoms. The van der Waals surface area contributed by atoms with Gasteiger partial charge in [-0.2, -0.15) is 0 Å². The Hall–Kier alpha value is -2.57. The van der Waals surface area contributed by atoms with E-state index in [1.54, 1.807) is 32.6 Å². The highest BCUT2D eigenvalue weighted by Crippen LogP contribution is 2.24. The topological polar surface area (TPSA) is 87.7 Å². The Morgan fingerprint density at radius 1 is 0.971 bits per heavy atom. The van der Waals surface area contributed by atoms with E-state index in [0.29, 0.717) is 13.1 Å². The van der Waals surface area contributed by atoms with Gasteiger partial charge in [-0.3, -0.25) is 9.59 Å². The van der Waals surface area contributed by atoms with Crippen molar-refractivity contribution >= 4 is 17.9 Å². The minimum Gasteiger partial charge on any atom is -0.444 e. The minimum absolute atomic E-state index is 0.200. The quantitative estimate of drug-likeness (QED) is 0.380. The van der Waals surface area contributed by atoms with E-state index in [2.05, 4.69) is 24.5 Å². The fraction of sp³-hybridized carbons (Fsp3) is 0.667. The lowest BCUT2D eigenvalue weighted by atomic mass is 10.0. The maximum atomic E-state index is 13.6. The first-order valence-corrected chi connectivity index (χ1v) is 12.6. The van der Waals surface area contributed by atoms with Gasteiger partial charge >= 0.3 is 6.09 Å². The van der Waals surface area contributed by atoms with E-state index in [-0.39, 0.29) is 11.8 Å². The van der Waals surface area contributed by atoms with Crippen LogP contribution in [0.5, 0.6) is 0 Å². The van der Waals surface area contributed by atoms with E-state index >= 15 is 0 Å². The molecule has 0 radical (unpaired) electrons. The average Bonchev–Trinajstić information content (AvgIpc) is 2.75. The number of aryl methyl sites for hydroxylation is 1. The summed E-state index contributed by atoms with van der Waals surface area (Å²) >= 11 is 0. The number of hydrogen-bond acceptors (Lipinski definition) is 4. The van der Waals surface area contributed by atoms with E-state index in [1.165, 1.54) is 0 Å². The molecule has 0 aromatic heterocycles. The van der Waals surface area contributed by atoms with E-state index in [1.807, 2.05) is 31.2 Å². The van der Waals surface area contributed by atoms with Gasteiger partial charge < -0.3 is 20.3 Å². The van der Waals surface area contributed by atoms with E-state index in [9.17, 15) is 14.4 Å². The van der Waals surface area contributed by atoms with Crippen molar-refractivity contribution in [1.29, 1.82) is 0 Å². The van der Waals surface area contributed by atoms with Crippen LogP contribution in [0.3, 0.4) is 0 Å². The maximum Gasteiger partial charge on any atom is 0.408 e. The highest BCUT2D eigenvalue weighted by Gasteiger charge is 2.34. The summed E-state index contributed by atoms with van der Waals surface area (Å²) in [6.07, 6.45) is 5.04. The van der Waals surface area contributed by atoms with Crippen LogP contribution in [0.15, 0.2) is 24.3 Å². The third kappa shape index (κ3) is 10.6. The van der Waals surface area contributed by atoms with Crippen LogP contribution in [0, 0.1) is 6.92 Å². The number of alkyl carbamates (subject to hydrolysis) is 1. The summed E-state index contributed by atoms with van der Waals surface area (Å²) in [7, 11) is 0. The number of carbonyl (C=O) groups excluding carboxylic acids is 3. The van der Waals surface area contributed by atoms with Crippen LogP contribution in [0.2, 0.25) is 0 Å². The molecule has 1 aromatic rings. The fourth-order valence-electron chi connectivity index (χ4n) is 3.60. The molecule has 0 fully saturated rings. The molecule has 1 aromatic carbocycles. The molecule has 0 aliphatic rings. The Morgan fingerprint density at radius 2 is 1.56 bits per heavy atom. The standard InChI is InChI=1S/C27H45N3O4/c1-8-10-12-18-28-24(31)23(22-16-14-20(3)15-17-22)30(19-13-11-9-2)25(32)21(4)29-26(33)34-27(5,6)7/h14-17,21,23H,8-13,18-19H2,1-7H3,(H,28,31)(H,29,33). The Balaban J connectivity index is 3.20. The molecular formula is C27H45N3O4. The molecule has 7 nitrogen and oxygen atoms in total. The number of amides is 3. The van der Waals surface area contributed by atoms with Gasteiger partial charge in [-0.1, -0.05) is 69.4 Å². The van der Waals surface area contributed by atoms with Crippen molar-refractivity contribution in [3.63, 3.8) is 0 Å². The lowest BCUT2D eigenvalue weighted by Gasteiger charge is -2.34. The van der Waals surface area contributed by atoms with Crippen LogP contribution in [0.1, 0.15) is 97.2 Å². The smallest absolute Gasteiger partial charge is 0.408 e. The number of carbonyl (C=O) groups is 3. The van der Waals surface area contributed by atoms with Gasteiger partial charge in [-0.25, -0.2) is 4.79 Å². The molecule has 3 amide bonds. The van der Waals surface area contributed by atoms with E-state index in [4.69, 9.17) is 4.74 Å². The summed E-state index contributed by atoms with van der Waals surface area (Å²) in [5.41, 5.74) is 1.17. The Bertz CT molecular complexity index is 771. The first kappa shape index (κ1) is 29.5. The van der Waals surface area contributed by atoms with E-state index < -0.39 is 23.8 Å². The average molecular weight is 476 g/mol. The number of benzene rings is 1. The molecule has 1 rings (SSSR count). The first-order valence-electron chi connectivity index (χ1n) is 12.6. The van der Waals surface area contributed by atoms with E-state index in [0.717, 1.165) is 49.7 Å². The number of nitrogens with one attached hydrogen (secondary N) is 2. The van der Waals surface area contributed by atoms with Crippen molar-refractivity contribution < 1.29 is 19.1 Å². The normalized spacial score (nSPS) is 13.0. The molecular weight excluding hydrogens is 430 g/mol. The van der Waals surface area contributed by atoms with Gasteiger partial charge in [0.1, 0.15) is 17.7 Å². The van der Waals surface area contributed by atoms with Crippen molar-refractivity contribution in [3.8, 4) is 0 Å². The van der Waals surface area contributed by atoms with Gasteiger partial charge in [-0.05, 0) is 53.0 Å². The van der Waals surface area contributed by atoms with Crippen LogP contribution in [-0.2, 0) is 14.3 Å². The highest BCUT2D eigenvalue weighted by molar-refractivity contribution is 5.92. The lowest BCUT2D eigenvalue weighted by molar-refractivity contribution is -0.142. The van der Waals surface area contributed by atoms with Crippen LogP contribution < -0.4 is 10.6 Å². The molecule has 192 valence electrons. The molecule has 0 heterocycles. The third-order valence-corrected chi connectivity index (χ3v) is 5.42. The Morgan fingerprint density at radius 3 is 2.12 bits per heavy atom. The highest BCUT2D eigenvalue weighted by atomic mass is 16.6. The van der Waals surface area contributed by atoms with Crippen LogP contribution in [0.4, 0.5) is 4.79 Å². The maximum absolute atomic E-state index is 13.6. The number of nitrogens with zero attached hydrogens (tertiary/aromatic N) is 1. The molecule has 0 bridgehead atoms. The fourth-order valence-corrected chi connectivity index (χ4v) is 3.60. The second-order valence-corrected chi connectivity index (χ2v) is 9.92. The molecule has 2 N–H and O–H groups in total. The van der Waals surface area contributed by atoms with Crippen LogP contribution >= 0.6 is 0 Å². The number of ether oxygens (including phenoxy) is 1. The van der Waals surface area contributed by atoms with Crippen LogP contribution in [-0.4, -0.2) is 47.5 Å². The largest absolute Gasteiger partial charge is 0.444 e. The van der Waals surface area contributed by atoms with Gasteiger partial charge in [0.2, 0.25) is 11.8 Å². The van der Waals surface area contributed by atoms with Gasteiger partial charge in [0.15, 0.2) is 0 Å². The number of hydrogen-bond donors (Lipinski definition) is 2. The van der Waals surface area contributed by atoms with Gasteiger partial charge in [0.05, 0.1) is 0 Å². The van der Waals surface area contributed by atoms with Crippen molar-refractivity contribution in [2.24, 2.45) is 0 Å². The molecule has 0 aliphatic carbocycles. The van der Waals surface area contributed by atoms with Gasteiger partial charge in [0, 0.05) is 13.1 Å². The van der Waals surface area contributed by atoms with Gasteiger partial charge in [-0.15, -0.1) is 0 Å². The number of unbranched alkanes of at least 4 members (excludes halogenated alkanes) is 4. The first-order chi connectivity index (χ1) is 16.0. The Kier molecular flexibility index (Phi) is 12.7. The zero-order valence-electron chi connectivity index (χ0n) is 22.2. The summed E-state index contributed by atoms with van der Waals surface area (Å²) in [6.45, 7) is 14.1. The Labute approximate surface area is 206 Å². The lowest BCUT2D eigenvalue weighted by Crippen LogP contribution is -2.52. The summed E-state index contributed by atoms with van der Waals surface area (Å²) in [5.74, 6) is -0.509. The number of rotatable bonds is 13. The molecule has 2 atom stereocenters. The SMILES string of the molecule is CCCCCNC(=O)C(c1ccc(C)cc1)N(CCCCC)C(=O)C(C)NC(=O)OC(C)(C)C. The molecule has 0 saturated heterocycles. The van der Waals surface area contributed by atoms with Crippen molar-refractivity contribution in [1.82, 2.24) is 15.5 Å². The zero-order chi connectivity index (χ0) is 25.7. The molecule has 0 saturated carbocycles. The second kappa shape index (κ2) is 14.6. The molecule has 2 unspecified atom stereocenters. The molecule has 7 heteroatoms. The van der Waals surface area contributed by atoms with Crippen LogP contribution in [0.25, 0.3) is 0 Å². The van der Waals surface area contributed by atoms with Crippen molar-refractivity contribution in [3.05, 3.63) is 35.4 Å². The minimum atomic E-state index is -0.836. The van der Waals surface area contributed by atoms with Gasteiger partial charge in [0.25, 0.3) is 0 Å². The summed E-state index contributed by atoms with van der Waals surface area (Å²) in [5, 5.41) is 5.66. The summed E-state index contributed by atoms with van der Waals surface area (Å²) < 4.78 is 5.32. The predicted molar refractivity (Wildman–Crippen MR) is 137 cm³/mol. The molecule has 0 spiro atoms. The second-order valence-electron chi connectivity index (χ2n) is 9.92. The molecule has 0 aliphatic heterocycles.